The van der Waals surface area contributed by atoms with Crippen LogP contribution in [0.4, 0.5) is 0 Å². The van der Waals surface area contributed by atoms with E-state index in [4.69, 9.17) is 19.9 Å². The van der Waals surface area contributed by atoms with Crippen molar-refractivity contribution >= 4 is 92.7 Å². The van der Waals surface area contributed by atoms with Crippen LogP contribution in [0.3, 0.4) is 0 Å². The van der Waals surface area contributed by atoms with Gasteiger partial charge in [0.05, 0.1) is 45.6 Å². The molecule has 0 amide bonds. The lowest BCUT2D eigenvalue weighted by Crippen LogP contribution is -1.95. The molecule has 0 atom stereocenters. The van der Waals surface area contributed by atoms with Gasteiger partial charge in [-0.2, -0.15) is 0 Å². The van der Waals surface area contributed by atoms with Crippen molar-refractivity contribution in [1.82, 2.24) is 39.9 Å². The molecule has 6 aromatic heterocycles. The molecule has 0 aliphatic carbocycles. The highest BCUT2D eigenvalue weighted by Gasteiger charge is 2.24. The number of H-pyrrole nitrogens is 4. The lowest BCUT2D eigenvalue weighted by Gasteiger charge is -2.12. The van der Waals surface area contributed by atoms with Crippen molar-refractivity contribution in [2.45, 2.75) is 221 Å². The Bertz CT molecular complexity index is 4690. The van der Waals surface area contributed by atoms with Gasteiger partial charge in [-0.15, -0.1) is 0 Å². The molecule has 100 heavy (non-hydrogen) atoms. The smallest absolute Gasteiger partial charge is 0.0738 e. The summed E-state index contributed by atoms with van der Waals surface area (Å²) in [6.07, 6.45) is 50.2. The van der Waals surface area contributed by atoms with Gasteiger partial charge in [0, 0.05) is 83.1 Å². The molecule has 8 nitrogen and oxygen atoms in total. The van der Waals surface area contributed by atoms with Crippen molar-refractivity contribution in [3.8, 4) is 44.5 Å². The van der Waals surface area contributed by atoms with Crippen molar-refractivity contribution in [1.29, 1.82) is 0 Å². The lowest BCUT2D eigenvalue weighted by molar-refractivity contribution is 0.589. The van der Waals surface area contributed by atoms with Crippen LogP contribution in [0, 0.1) is 0 Å². The number of fused-ring (bicyclic) bond motifs is 16. The maximum absolute atomic E-state index is 6.00. The molecule has 8 heteroatoms. The first-order valence-electron chi connectivity index (χ1n) is 38.9. The van der Waals surface area contributed by atoms with Crippen LogP contribution >= 0.6 is 0 Å². The van der Waals surface area contributed by atoms with E-state index in [1.54, 1.807) is 0 Å². The molecule has 514 valence electrons. The number of hydrogen-bond acceptors (Lipinski definition) is 4. The molecule has 10 heterocycles. The Kier molecular flexibility index (Phi) is 23.4. The molecule has 0 saturated heterocycles. The number of aromatic nitrogens is 8. The van der Waals surface area contributed by atoms with Crippen LogP contribution in [0.1, 0.15) is 262 Å². The molecule has 9 aromatic rings. The minimum absolute atomic E-state index is 0.864. The predicted octanol–water partition coefficient (Wildman–Crippen LogP) is 26.2. The van der Waals surface area contributed by atoms with E-state index in [1.807, 2.05) is 0 Å². The Balaban J connectivity index is 1.15. The van der Waals surface area contributed by atoms with Crippen LogP contribution in [0.2, 0.25) is 0 Å². The third kappa shape index (κ3) is 16.3. The first-order valence-corrected chi connectivity index (χ1v) is 38.9. The van der Waals surface area contributed by atoms with Crippen LogP contribution in [0.25, 0.3) is 137 Å². The van der Waals surface area contributed by atoms with E-state index in [-0.39, 0.29) is 0 Å². The fourth-order valence-corrected chi connectivity index (χ4v) is 15.5. The van der Waals surface area contributed by atoms with Crippen LogP contribution in [-0.4, -0.2) is 39.9 Å². The Morgan fingerprint density at radius 3 is 1.02 bits per heavy atom. The lowest BCUT2D eigenvalue weighted by atomic mass is 9.94. The number of aromatic amines is 4. The van der Waals surface area contributed by atoms with E-state index in [9.17, 15) is 0 Å². The molecule has 0 saturated carbocycles. The zero-order chi connectivity index (χ0) is 68.6. The van der Waals surface area contributed by atoms with Crippen LogP contribution < -0.4 is 0 Å². The number of nitrogens with one attached hydrogen (secondary N) is 4. The van der Waals surface area contributed by atoms with Gasteiger partial charge in [-0.1, -0.05) is 211 Å². The molecule has 13 rings (SSSR count). The monoisotopic (exact) mass is 1320 g/mol. The van der Waals surface area contributed by atoms with Gasteiger partial charge in [0.15, 0.2) is 0 Å². The van der Waals surface area contributed by atoms with Crippen molar-refractivity contribution in [3.63, 3.8) is 0 Å². The van der Waals surface area contributed by atoms with E-state index in [1.165, 1.54) is 122 Å². The Hall–Kier alpha value is -9.14. The van der Waals surface area contributed by atoms with Gasteiger partial charge in [-0.25, -0.2) is 19.9 Å². The van der Waals surface area contributed by atoms with E-state index in [0.29, 0.717) is 0 Å². The highest BCUT2D eigenvalue weighted by Crippen LogP contribution is 2.42. The minimum Gasteiger partial charge on any atom is -0.355 e. The number of benzene rings is 3. The van der Waals surface area contributed by atoms with Crippen molar-refractivity contribution in [2.24, 2.45) is 0 Å². The SMILES string of the molecule is CCCCCCCCCc1c2nc(c(-c3c4nc(c(-c5cc(CCCC)cc(CCCC)c5)c5ccc(cc6nc(c(-c7cc(CCCC)cc(CCCC)c7)c7ccc3[nH]7)C=C6)[nH]5)C=C4)c3ccc([nH]3)c(CCCCCCCCC)c3nc(c(-c4ccccc4)c4ccc1[nH]4)C=C3)C=C2. The maximum Gasteiger partial charge on any atom is 0.0738 e. The number of nitrogens with zero attached hydrogens (tertiary/aromatic N) is 4. The van der Waals surface area contributed by atoms with E-state index < -0.39 is 0 Å². The average molecular weight is 1320 g/mol. The van der Waals surface area contributed by atoms with Crippen molar-refractivity contribution < 1.29 is 0 Å². The van der Waals surface area contributed by atoms with Gasteiger partial charge in [0.25, 0.3) is 0 Å². The van der Waals surface area contributed by atoms with Crippen LogP contribution in [-0.2, 0) is 38.5 Å². The topological polar surface area (TPSA) is 115 Å². The second kappa shape index (κ2) is 33.8. The highest BCUT2D eigenvalue weighted by molar-refractivity contribution is 6.04. The molecule has 0 unspecified atom stereocenters. The van der Waals surface area contributed by atoms with E-state index >= 15 is 0 Å². The van der Waals surface area contributed by atoms with Crippen LogP contribution in [0.15, 0.2) is 121 Å². The Morgan fingerprint density at radius 1 is 0.240 bits per heavy atom. The summed E-state index contributed by atoms with van der Waals surface area (Å²) in [5.74, 6) is 0. The third-order valence-corrected chi connectivity index (χ3v) is 20.9. The molecule has 0 fully saturated rings. The summed E-state index contributed by atoms with van der Waals surface area (Å²) in [6.45, 7) is 13.8. The zero-order valence-electron chi connectivity index (χ0n) is 60.8. The fraction of sp³-hybridized carbons (Fsp3) is 0.370. The van der Waals surface area contributed by atoms with Crippen molar-refractivity contribution in [3.05, 3.63) is 200 Å². The molecule has 0 spiro atoms. The third-order valence-electron chi connectivity index (χ3n) is 20.9. The first-order chi connectivity index (χ1) is 49.3. The van der Waals surface area contributed by atoms with Crippen LogP contribution in [0.5, 0.6) is 0 Å². The van der Waals surface area contributed by atoms with E-state index in [0.717, 1.165) is 226 Å². The van der Waals surface area contributed by atoms with Gasteiger partial charge in [0.1, 0.15) is 0 Å². The standard InChI is InChI=1S/C92H106N8/c1-7-13-19-21-23-25-30-38-72-74-44-48-80(95-74)88(67-36-28-27-29-37-67)81-49-45-75(96-81)73(39-31-26-24-22-20-14-8-2)77-47-51-85(98-77)91(84-50-46-76(72)97-84)92-86-54-52-82(99-86)89(68-58-63(32-15-9-3)56-64(59-68)33-16-10-4)78-42-40-70(93-78)62-71-41-43-79(94-71)90(83-53-55-87(92)100-83)69-60-65(34-17-11-5)57-66(61-69)35-18-12-6/h27-29,36-37,40-62,93,95,98,100H,7-26,30-35,38-39H2,1-6H3. The Labute approximate surface area is 595 Å². The molecule has 0 radical (unpaired) electrons. The van der Waals surface area contributed by atoms with Gasteiger partial charge in [-0.3, -0.25) is 0 Å². The summed E-state index contributed by atoms with van der Waals surface area (Å²) in [7, 11) is 0. The number of rotatable bonds is 32. The van der Waals surface area contributed by atoms with E-state index in [2.05, 4.69) is 231 Å². The number of hydrogen-bond donors (Lipinski definition) is 4. The largest absolute Gasteiger partial charge is 0.355 e. The molecule has 16 bridgehead atoms. The predicted molar refractivity (Wildman–Crippen MR) is 431 cm³/mol. The zero-order valence-corrected chi connectivity index (χ0v) is 60.8. The van der Waals surface area contributed by atoms with Gasteiger partial charge >= 0.3 is 0 Å². The molecule has 4 aliphatic heterocycles. The summed E-state index contributed by atoms with van der Waals surface area (Å²) >= 11 is 0. The summed E-state index contributed by atoms with van der Waals surface area (Å²) in [4.78, 5) is 39.6. The quantitative estimate of drug-likeness (QED) is 0.0315. The van der Waals surface area contributed by atoms with Crippen molar-refractivity contribution in [2.75, 3.05) is 0 Å². The summed E-state index contributed by atoms with van der Waals surface area (Å²) in [5, 5.41) is 0. The number of aryl methyl sites for hydroxylation is 6. The molecular formula is C92H106N8. The highest BCUT2D eigenvalue weighted by atomic mass is 14.8. The Morgan fingerprint density at radius 2 is 0.570 bits per heavy atom. The minimum atomic E-state index is 0.864. The molecule has 4 aliphatic rings. The average Bonchev–Trinajstić information content (AvgIpc) is 1.60. The normalized spacial score (nSPS) is 12.5. The summed E-state index contributed by atoms with van der Waals surface area (Å²) in [6, 6.07) is 46.0. The fourth-order valence-electron chi connectivity index (χ4n) is 15.5. The molecular weight excluding hydrogens is 1220 g/mol. The molecule has 3 aromatic carbocycles. The molecule has 4 N–H and O–H groups in total. The van der Waals surface area contributed by atoms with Gasteiger partial charge < -0.3 is 19.9 Å². The summed E-state index contributed by atoms with van der Waals surface area (Å²) in [5.41, 5.74) is 32.3. The second-order valence-corrected chi connectivity index (χ2v) is 28.7. The van der Waals surface area contributed by atoms with Gasteiger partial charge in [-0.05, 0) is 219 Å². The maximum atomic E-state index is 6.00. The first kappa shape index (κ1) is 69.3. The second-order valence-electron chi connectivity index (χ2n) is 28.7. The summed E-state index contributed by atoms with van der Waals surface area (Å²) < 4.78 is 0. The van der Waals surface area contributed by atoms with Gasteiger partial charge in [0.2, 0.25) is 0 Å². The number of unbranched alkanes of at least 4 members (excludes halogenated alkanes) is 16.